The van der Waals surface area contributed by atoms with Crippen LogP contribution in [-0.2, 0) is 4.74 Å². The van der Waals surface area contributed by atoms with Gasteiger partial charge < -0.3 is 9.15 Å². The van der Waals surface area contributed by atoms with Crippen molar-refractivity contribution in [2.24, 2.45) is 0 Å². The molecular weight excluding hydrogens is 220 g/mol. The van der Waals surface area contributed by atoms with Gasteiger partial charge in [-0.1, -0.05) is 11.6 Å². The van der Waals surface area contributed by atoms with E-state index in [9.17, 15) is 9.59 Å². The second-order valence-corrected chi connectivity index (χ2v) is 3.68. The van der Waals surface area contributed by atoms with Gasteiger partial charge in [0, 0.05) is 5.39 Å². The zero-order valence-electron chi connectivity index (χ0n) is 9.65. The fraction of sp³-hybridized carbons (Fsp3) is 0.231. The summed E-state index contributed by atoms with van der Waals surface area (Å²) >= 11 is 0. The first-order chi connectivity index (χ1) is 8.17. The van der Waals surface area contributed by atoms with Crippen molar-refractivity contribution in [2.45, 2.75) is 13.8 Å². The second-order valence-electron chi connectivity index (χ2n) is 3.68. The Labute approximate surface area is 98.2 Å². The number of rotatable bonds is 3. The van der Waals surface area contributed by atoms with Crippen LogP contribution in [0.25, 0.3) is 11.0 Å². The fourth-order valence-corrected chi connectivity index (χ4v) is 1.70. The van der Waals surface area contributed by atoms with Gasteiger partial charge >= 0.3 is 5.97 Å². The fourth-order valence-electron chi connectivity index (χ4n) is 1.70. The number of ether oxygens (including phenoxy) is 1. The van der Waals surface area contributed by atoms with Gasteiger partial charge in [-0.05, 0) is 26.0 Å². The van der Waals surface area contributed by atoms with Gasteiger partial charge in [-0.3, -0.25) is 4.79 Å². The van der Waals surface area contributed by atoms with Crippen molar-refractivity contribution in [3.63, 3.8) is 0 Å². The van der Waals surface area contributed by atoms with Gasteiger partial charge in [0.15, 0.2) is 6.29 Å². The molecule has 0 atom stereocenters. The number of carbonyl (C=O) groups is 2. The van der Waals surface area contributed by atoms with E-state index in [0.29, 0.717) is 17.3 Å². The molecule has 0 fully saturated rings. The van der Waals surface area contributed by atoms with Gasteiger partial charge in [0.05, 0.1) is 12.2 Å². The maximum atomic E-state index is 11.6. The molecule has 4 heteroatoms. The average Bonchev–Trinajstić information content (AvgIpc) is 2.67. The van der Waals surface area contributed by atoms with Gasteiger partial charge in [-0.2, -0.15) is 0 Å². The van der Waals surface area contributed by atoms with Crippen LogP contribution in [0.15, 0.2) is 22.6 Å². The summed E-state index contributed by atoms with van der Waals surface area (Å²) in [6, 6.07) is 5.40. The highest BCUT2D eigenvalue weighted by atomic mass is 16.5. The lowest BCUT2D eigenvalue weighted by atomic mass is 10.1. The van der Waals surface area contributed by atoms with Crippen molar-refractivity contribution in [1.82, 2.24) is 0 Å². The summed E-state index contributed by atoms with van der Waals surface area (Å²) in [5.41, 5.74) is 1.76. The summed E-state index contributed by atoms with van der Waals surface area (Å²) in [5.74, 6) is -0.633. The molecule has 0 unspecified atom stereocenters. The van der Waals surface area contributed by atoms with Crippen LogP contribution in [-0.4, -0.2) is 18.9 Å². The summed E-state index contributed by atoms with van der Waals surface area (Å²) in [7, 11) is 0. The van der Waals surface area contributed by atoms with Crippen LogP contribution in [0, 0.1) is 6.92 Å². The molecule has 2 rings (SSSR count). The predicted molar refractivity (Wildman–Crippen MR) is 62.3 cm³/mol. The van der Waals surface area contributed by atoms with Crippen LogP contribution in [0.3, 0.4) is 0 Å². The minimum atomic E-state index is -0.608. The minimum Gasteiger partial charge on any atom is -0.460 e. The largest absolute Gasteiger partial charge is 0.460 e. The SMILES string of the molecule is CCOC(=O)c1oc2ccc(C)cc2c1C=O. The molecule has 0 saturated heterocycles. The molecule has 88 valence electrons. The molecule has 17 heavy (non-hydrogen) atoms. The molecule has 0 aliphatic carbocycles. The van der Waals surface area contributed by atoms with E-state index in [2.05, 4.69) is 0 Å². The van der Waals surface area contributed by atoms with E-state index >= 15 is 0 Å². The van der Waals surface area contributed by atoms with Crippen LogP contribution in [0.1, 0.15) is 33.4 Å². The number of aldehydes is 1. The van der Waals surface area contributed by atoms with Crippen LogP contribution in [0.4, 0.5) is 0 Å². The number of fused-ring (bicyclic) bond motifs is 1. The first kappa shape index (κ1) is 11.4. The Hall–Kier alpha value is -2.10. The van der Waals surface area contributed by atoms with E-state index in [1.165, 1.54) is 0 Å². The molecule has 4 nitrogen and oxygen atoms in total. The molecule has 2 aromatic rings. The maximum Gasteiger partial charge on any atom is 0.375 e. The summed E-state index contributed by atoms with van der Waals surface area (Å²) in [6.07, 6.45) is 0.623. The molecule has 1 aromatic heterocycles. The molecule has 0 amide bonds. The molecule has 1 heterocycles. The summed E-state index contributed by atoms with van der Waals surface area (Å²) in [6.45, 7) is 3.85. The molecule has 0 spiro atoms. The van der Waals surface area contributed by atoms with E-state index in [-0.39, 0.29) is 17.9 Å². The Balaban J connectivity index is 2.64. The second kappa shape index (κ2) is 4.41. The third-order valence-corrected chi connectivity index (χ3v) is 2.46. The molecule has 0 aliphatic heterocycles. The highest BCUT2D eigenvalue weighted by molar-refractivity contribution is 6.06. The summed E-state index contributed by atoms with van der Waals surface area (Å²) < 4.78 is 10.2. The number of hydrogen-bond acceptors (Lipinski definition) is 4. The Morgan fingerprint density at radius 1 is 1.47 bits per heavy atom. The van der Waals surface area contributed by atoms with Crippen LogP contribution < -0.4 is 0 Å². The first-order valence-electron chi connectivity index (χ1n) is 5.32. The Kier molecular flexibility index (Phi) is 2.95. The van der Waals surface area contributed by atoms with Crippen molar-refractivity contribution >= 4 is 23.2 Å². The monoisotopic (exact) mass is 232 g/mol. The zero-order valence-corrected chi connectivity index (χ0v) is 9.65. The van der Waals surface area contributed by atoms with Crippen molar-refractivity contribution in [3.8, 4) is 0 Å². The van der Waals surface area contributed by atoms with E-state index in [4.69, 9.17) is 9.15 Å². The zero-order chi connectivity index (χ0) is 12.4. The van der Waals surface area contributed by atoms with Crippen molar-refractivity contribution in [3.05, 3.63) is 35.1 Å². The lowest BCUT2D eigenvalue weighted by Crippen LogP contribution is -2.05. The van der Waals surface area contributed by atoms with Gasteiger partial charge in [-0.25, -0.2) is 4.79 Å². The Morgan fingerprint density at radius 2 is 2.24 bits per heavy atom. The molecule has 0 saturated carbocycles. The Morgan fingerprint density at radius 3 is 2.88 bits per heavy atom. The molecule has 1 aromatic carbocycles. The number of esters is 1. The third kappa shape index (κ3) is 1.93. The highest BCUT2D eigenvalue weighted by Gasteiger charge is 2.21. The van der Waals surface area contributed by atoms with E-state index in [0.717, 1.165) is 5.56 Å². The normalized spacial score (nSPS) is 10.5. The average molecular weight is 232 g/mol. The lowest BCUT2D eigenvalue weighted by Gasteiger charge is -1.97. The van der Waals surface area contributed by atoms with Crippen LogP contribution >= 0.6 is 0 Å². The quantitative estimate of drug-likeness (QED) is 0.603. The smallest absolute Gasteiger partial charge is 0.375 e. The minimum absolute atomic E-state index is 0.0255. The molecule has 0 radical (unpaired) electrons. The van der Waals surface area contributed by atoms with Gasteiger partial charge in [0.25, 0.3) is 0 Å². The molecule has 0 bridgehead atoms. The first-order valence-corrected chi connectivity index (χ1v) is 5.32. The summed E-state index contributed by atoms with van der Waals surface area (Å²) in [5, 5.41) is 0.642. The molecule has 0 aliphatic rings. The number of carbonyl (C=O) groups excluding carboxylic acids is 2. The van der Waals surface area contributed by atoms with E-state index in [1.807, 2.05) is 19.1 Å². The lowest BCUT2D eigenvalue weighted by molar-refractivity contribution is 0.0490. The van der Waals surface area contributed by atoms with E-state index in [1.54, 1.807) is 13.0 Å². The number of furan rings is 1. The predicted octanol–water partition coefficient (Wildman–Crippen LogP) is 2.73. The van der Waals surface area contributed by atoms with Crippen molar-refractivity contribution in [2.75, 3.05) is 6.61 Å². The van der Waals surface area contributed by atoms with Gasteiger partial charge in [-0.15, -0.1) is 0 Å². The molecule has 0 N–H and O–H groups in total. The Bertz CT molecular complexity index is 580. The number of hydrogen-bond donors (Lipinski definition) is 0. The topological polar surface area (TPSA) is 56.5 Å². The van der Waals surface area contributed by atoms with Crippen LogP contribution in [0.5, 0.6) is 0 Å². The maximum absolute atomic E-state index is 11.6. The van der Waals surface area contributed by atoms with Crippen molar-refractivity contribution < 1.29 is 18.7 Å². The van der Waals surface area contributed by atoms with Crippen molar-refractivity contribution in [1.29, 1.82) is 0 Å². The van der Waals surface area contributed by atoms with E-state index < -0.39 is 5.97 Å². The summed E-state index contributed by atoms with van der Waals surface area (Å²) in [4.78, 5) is 22.7. The number of benzene rings is 1. The number of aryl methyl sites for hydroxylation is 1. The highest BCUT2D eigenvalue weighted by Crippen LogP contribution is 2.26. The van der Waals surface area contributed by atoms with Crippen LogP contribution in [0.2, 0.25) is 0 Å². The van der Waals surface area contributed by atoms with Gasteiger partial charge in [0.2, 0.25) is 5.76 Å². The molecular formula is C13H12O4. The standard InChI is InChI=1S/C13H12O4/c1-3-16-13(15)12-10(7-14)9-6-8(2)4-5-11(9)17-12/h4-7H,3H2,1-2H3. The van der Waals surface area contributed by atoms with Gasteiger partial charge in [0.1, 0.15) is 5.58 Å². The third-order valence-electron chi connectivity index (χ3n) is 2.46.